The third kappa shape index (κ3) is 6.53. The molecule has 9 nitrogen and oxygen atoms in total. The van der Waals surface area contributed by atoms with Gasteiger partial charge in [-0.1, -0.05) is 60.7 Å². The van der Waals surface area contributed by atoms with E-state index in [0.717, 1.165) is 78.0 Å². The van der Waals surface area contributed by atoms with Gasteiger partial charge in [-0.25, -0.2) is 15.0 Å². The lowest BCUT2D eigenvalue weighted by Gasteiger charge is -2.31. The molecule has 222 valence electrons. The minimum atomic E-state index is 0.0525. The standard InChI is InChI=1S/C35H35N7O2/c1-3-8-25(9-4-1)33(26-10-5-2-6-11-26)39-28-22-30-31(38-24-28)23-32(42-18-20-43-21-19-42)41-34(30)44-29-14-12-27(13-15-29)40-35-36-16-7-17-37-35/h1-11,16-17,22-24,27,29H,12-15,18-21H2,(H,36,37,40)/t27-,29+. The van der Waals surface area contributed by atoms with Gasteiger partial charge in [0.05, 0.1) is 41.7 Å². The van der Waals surface area contributed by atoms with Crippen molar-refractivity contribution >= 4 is 34.1 Å². The number of anilines is 2. The summed E-state index contributed by atoms with van der Waals surface area (Å²) in [7, 11) is 0. The van der Waals surface area contributed by atoms with E-state index in [2.05, 4.69) is 56.6 Å². The number of aliphatic imine (C=N–C) groups is 1. The van der Waals surface area contributed by atoms with Crippen LogP contribution in [0.25, 0.3) is 10.9 Å². The maximum absolute atomic E-state index is 6.71. The predicted octanol–water partition coefficient (Wildman–Crippen LogP) is 6.23. The smallest absolute Gasteiger partial charge is 0.225 e. The highest BCUT2D eigenvalue weighted by Crippen LogP contribution is 2.33. The van der Waals surface area contributed by atoms with Crippen molar-refractivity contribution in [3.8, 4) is 5.88 Å². The molecule has 5 aromatic rings. The second-order valence-electron chi connectivity index (χ2n) is 11.1. The number of hydrogen-bond donors (Lipinski definition) is 1. The molecule has 7 rings (SSSR count). The number of nitrogens with zero attached hydrogens (tertiary/aromatic N) is 6. The third-order valence-corrected chi connectivity index (χ3v) is 8.14. The number of pyridine rings is 2. The number of ether oxygens (including phenoxy) is 2. The van der Waals surface area contributed by atoms with Crippen molar-refractivity contribution in [1.82, 2.24) is 19.9 Å². The van der Waals surface area contributed by atoms with Gasteiger partial charge in [0.1, 0.15) is 11.9 Å². The molecule has 2 aliphatic rings. The van der Waals surface area contributed by atoms with E-state index in [1.807, 2.05) is 48.7 Å². The van der Waals surface area contributed by atoms with Crippen LogP contribution in [-0.4, -0.2) is 64.1 Å². The van der Waals surface area contributed by atoms with Gasteiger partial charge in [-0.3, -0.25) is 4.98 Å². The van der Waals surface area contributed by atoms with Crippen LogP contribution in [0.2, 0.25) is 0 Å². The molecular formula is C35H35N7O2. The van der Waals surface area contributed by atoms with Crippen LogP contribution in [-0.2, 0) is 4.74 Å². The molecule has 1 aliphatic carbocycles. The number of hydrogen-bond acceptors (Lipinski definition) is 9. The van der Waals surface area contributed by atoms with Gasteiger partial charge in [-0.2, -0.15) is 4.98 Å². The summed E-state index contributed by atoms with van der Waals surface area (Å²) in [5.41, 5.74) is 4.57. The minimum absolute atomic E-state index is 0.0525. The first-order valence-electron chi connectivity index (χ1n) is 15.3. The molecule has 9 heteroatoms. The molecule has 2 aromatic carbocycles. The highest BCUT2D eigenvalue weighted by molar-refractivity contribution is 6.14. The molecule has 1 saturated carbocycles. The first-order valence-corrected chi connectivity index (χ1v) is 15.3. The molecule has 1 saturated heterocycles. The van der Waals surface area contributed by atoms with Gasteiger partial charge in [-0.05, 0) is 37.8 Å². The van der Waals surface area contributed by atoms with Gasteiger partial charge in [0, 0.05) is 48.7 Å². The molecule has 0 spiro atoms. The second kappa shape index (κ2) is 13.2. The Labute approximate surface area is 257 Å². The fraction of sp³-hybridized carbons (Fsp3) is 0.286. The first kappa shape index (κ1) is 27.9. The first-order chi connectivity index (χ1) is 21.8. The number of rotatable bonds is 8. The highest BCUT2D eigenvalue weighted by Gasteiger charge is 2.25. The molecule has 0 atom stereocenters. The molecule has 1 aliphatic heterocycles. The maximum Gasteiger partial charge on any atom is 0.225 e. The van der Waals surface area contributed by atoms with Crippen LogP contribution in [0.4, 0.5) is 17.5 Å². The van der Waals surface area contributed by atoms with Crippen LogP contribution in [0.1, 0.15) is 36.8 Å². The summed E-state index contributed by atoms with van der Waals surface area (Å²) in [6.45, 7) is 2.94. The highest BCUT2D eigenvalue weighted by atomic mass is 16.5. The van der Waals surface area contributed by atoms with Crippen LogP contribution in [0.5, 0.6) is 5.88 Å². The van der Waals surface area contributed by atoms with Crippen molar-refractivity contribution in [3.63, 3.8) is 0 Å². The summed E-state index contributed by atoms with van der Waals surface area (Å²) >= 11 is 0. The maximum atomic E-state index is 6.71. The van der Waals surface area contributed by atoms with Gasteiger partial charge < -0.3 is 19.7 Å². The number of nitrogens with one attached hydrogen (secondary N) is 1. The van der Waals surface area contributed by atoms with Crippen molar-refractivity contribution in [3.05, 3.63) is 109 Å². The summed E-state index contributed by atoms with van der Waals surface area (Å²) in [4.78, 5) is 26.0. The van der Waals surface area contributed by atoms with Gasteiger partial charge in [0.2, 0.25) is 11.8 Å². The van der Waals surface area contributed by atoms with Crippen LogP contribution < -0.4 is 15.0 Å². The number of benzene rings is 2. The van der Waals surface area contributed by atoms with E-state index >= 15 is 0 Å². The molecule has 3 aromatic heterocycles. The van der Waals surface area contributed by atoms with Gasteiger partial charge in [-0.15, -0.1) is 0 Å². The summed E-state index contributed by atoms with van der Waals surface area (Å²) in [5, 5.41) is 4.33. The Morgan fingerprint density at radius 2 is 1.50 bits per heavy atom. The molecular weight excluding hydrogens is 550 g/mol. The molecule has 0 unspecified atom stereocenters. The zero-order valence-corrected chi connectivity index (χ0v) is 24.5. The number of morpholine rings is 1. The van der Waals surface area contributed by atoms with E-state index in [-0.39, 0.29) is 6.10 Å². The van der Waals surface area contributed by atoms with Crippen LogP contribution in [0.3, 0.4) is 0 Å². The summed E-state index contributed by atoms with van der Waals surface area (Å²) in [5.74, 6) is 2.15. The Morgan fingerprint density at radius 3 is 2.18 bits per heavy atom. The summed E-state index contributed by atoms with van der Waals surface area (Å²) in [6.07, 6.45) is 9.17. The van der Waals surface area contributed by atoms with E-state index < -0.39 is 0 Å². The van der Waals surface area contributed by atoms with E-state index in [1.165, 1.54) is 0 Å². The van der Waals surface area contributed by atoms with Crippen molar-refractivity contribution in [2.75, 3.05) is 36.5 Å². The quantitative estimate of drug-likeness (QED) is 0.214. The predicted molar refractivity (Wildman–Crippen MR) is 173 cm³/mol. The lowest BCUT2D eigenvalue weighted by Crippen LogP contribution is -2.37. The van der Waals surface area contributed by atoms with Gasteiger partial charge in [0.15, 0.2) is 0 Å². The lowest BCUT2D eigenvalue weighted by molar-refractivity contribution is 0.122. The molecule has 4 heterocycles. The zero-order valence-electron chi connectivity index (χ0n) is 24.5. The zero-order chi connectivity index (χ0) is 29.6. The Hall–Kier alpha value is -4.89. The average molecular weight is 586 g/mol. The van der Waals surface area contributed by atoms with Crippen molar-refractivity contribution in [1.29, 1.82) is 0 Å². The minimum Gasteiger partial charge on any atom is -0.474 e. The fourth-order valence-corrected chi connectivity index (χ4v) is 5.83. The van der Waals surface area contributed by atoms with Gasteiger partial charge >= 0.3 is 0 Å². The topological polar surface area (TPSA) is 97.7 Å². The second-order valence-corrected chi connectivity index (χ2v) is 11.1. The Morgan fingerprint density at radius 1 is 0.818 bits per heavy atom. The molecule has 1 N–H and O–H groups in total. The number of aromatic nitrogens is 4. The molecule has 44 heavy (non-hydrogen) atoms. The Kier molecular flexibility index (Phi) is 8.36. The molecule has 0 bridgehead atoms. The number of fused-ring (bicyclic) bond motifs is 1. The monoisotopic (exact) mass is 585 g/mol. The van der Waals surface area contributed by atoms with Crippen molar-refractivity contribution in [2.45, 2.75) is 37.8 Å². The van der Waals surface area contributed by atoms with Crippen molar-refractivity contribution < 1.29 is 9.47 Å². The third-order valence-electron chi connectivity index (χ3n) is 8.14. The molecule has 0 radical (unpaired) electrons. The normalized spacial score (nSPS) is 18.5. The van der Waals surface area contributed by atoms with Gasteiger partial charge in [0.25, 0.3) is 0 Å². The fourth-order valence-electron chi connectivity index (χ4n) is 5.83. The largest absolute Gasteiger partial charge is 0.474 e. The SMILES string of the molecule is c1ccc(C(=Nc2cnc3cc(N4CCOCC4)nc(O[C@H]4CC[C@@H](Nc5ncccn5)CC4)c3c2)c2ccccc2)cc1. The molecule has 2 fully saturated rings. The van der Waals surface area contributed by atoms with Crippen LogP contribution in [0.15, 0.2) is 102 Å². The molecule has 0 amide bonds. The van der Waals surface area contributed by atoms with Crippen LogP contribution in [0, 0.1) is 0 Å². The van der Waals surface area contributed by atoms with Crippen molar-refractivity contribution in [2.24, 2.45) is 4.99 Å². The summed E-state index contributed by atoms with van der Waals surface area (Å²) in [6, 6.07) is 26.8. The van der Waals surface area contributed by atoms with E-state index in [9.17, 15) is 0 Å². The Balaban J connectivity index is 1.20. The van der Waals surface area contributed by atoms with E-state index in [4.69, 9.17) is 24.4 Å². The lowest BCUT2D eigenvalue weighted by atomic mass is 9.93. The van der Waals surface area contributed by atoms with Crippen LogP contribution >= 0.6 is 0 Å². The average Bonchev–Trinajstić information content (AvgIpc) is 3.10. The van der Waals surface area contributed by atoms with E-state index in [0.29, 0.717) is 31.1 Å². The van der Waals surface area contributed by atoms with E-state index in [1.54, 1.807) is 12.4 Å². The Bertz CT molecular complexity index is 1660. The summed E-state index contributed by atoms with van der Waals surface area (Å²) < 4.78 is 12.3.